The van der Waals surface area contributed by atoms with Gasteiger partial charge in [-0.1, -0.05) is 23.4 Å². The summed E-state index contributed by atoms with van der Waals surface area (Å²) in [5.74, 6) is -0.207. The average molecular weight is 288 g/mol. The Bertz CT molecular complexity index is 458. The molecule has 2 rings (SSSR count). The van der Waals surface area contributed by atoms with Gasteiger partial charge in [0, 0.05) is 12.6 Å². The van der Waals surface area contributed by atoms with Gasteiger partial charge >= 0.3 is 5.97 Å². The van der Waals surface area contributed by atoms with Gasteiger partial charge in [-0.15, -0.1) is 0 Å². The molecule has 0 aliphatic carbocycles. The fraction of sp³-hybridized carbons (Fsp3) is 0.545. The number of aromatic nitrogens is 2. The molecule has 2 heterocycles. The molecule has 1 saturated heterocycles. The molecule has 7 heteroatoms. The quantitative estimate of drug-likeness (QED) is 0.523. The Balaban J connectivity index is 2.33. The van der Waals surface area contributed by atoms with E-state index >= 15 is 0 Å². The van der Waals surface area contributed by atoms with Crippen LogP contribution in [-0.4, -0.2) is 39.9 Å². The summed E-state index contributed by atoms with van der Waals surface area (Å²) < 4.78 is 0. The number of nitrogens with zero attached hydrogens (tertiary/aromatic N) is 3. The maximum atomic E-state index is 11.3. The SMILES string of the molecule is CSc1nc(Cl)cc(N2CCCC[C@@H]2C(=O)O)n1. The van der Waals surface area contributed by atoms with Gasteiger partial charge in [-0.25, -0.2) is 14.8 Å². The Morgan fingerprint density at radius 2 is 2.33 bits per heavy atom. The summed E-state index contributed by atoms with van der Waals surface area (Å²) in [4.78, 5) is 21.5. The van der Waals surface area contributed by atoms with E-state index in [9.17, 15) is 9.90 Å². The van der Waals surface area contributed by atoms with Gasteiger partial charge in [0.05, 0.1) is 0 Å². The summed E-state index contributed by atoms with van der Waals surface area (Å²) >= 11 is 7.33. The highest BCUT2D eigenvalue weighted by molar-refractivity contribution is 7.98. The van der Waals surface area contributed by atoms with E-state index in [1.807, 2.05) is 6.26 Å². The minimum atomic E-state index is -0.810. The van der Waals surface area contributed by atoms with Crippen molar-refractivity contribution < 1.29 is 9.90 Å². The minimum absolute atomic E-state index is 0.346. The Kier molecular flexibility index (Phi) is 4.29. The van der Waals surface area contributed by atoms with Crippen molar-refractivity contribution in [2.45, 2.75) is 30.5 Å². The zero-order valence-corrected chi connectivity index (χ0v) is 11.5. The first-order chi connectivity index (χ1) is 8.61. The van der Waals surface area contributed by atoms with E-state index in [2.05, 4.69) is 9.97 Å². The van der Waals surface area contributed by atoms with Gasteiger partial charge in [0.1, 0.15) is 17.0 Å². The highest BCUT2D eigenvalue weighted by atomic mass is 35.5. The summed E-state index contributed by atoms with van der Waals surface area (Å²) in [6, 6.07) is 1.11. The van der Waals surface area contributed by atoms with E-state index in [1.54, 1.807) is 11.0 Å². The summed E-state index contributed by atoms with van der Waals surface area (Å²) in [7, 11) is 0. The van der Waals surface area contributed by atoms with Crippen LogP contribution in [0, 0.1) is 0 Å². The maximum absolute atomic E-state index is 11.3. The van der Waals surface area contributed by atoms with E-state index in [0.717, 1.165) is 12.8 Å². The van der Waals surface area contributed by atoms with Crippen molar-refractivity contribution in [3.8, 4) is 0 Å². The van der Waals surface area contributed by atoms with Crippen molar-refractivity contribution in [2.24, 2.45) is 0 Å². The van der Waals surface area contributed by atoms with Gasteiger partial charge in [-0.05, 0) is 25.5 Å². The molecule has 0 saturated carbocycles. The lowest BCUT2D eigenvalue weighted by Crippen LogP contribution is -2.45. The first kappa shape index (κ1) is 13.4. The van der Waals surface area contributed by atoms with Crippen LogP contribution in [0.2, 0.25) is 5.15 Å². The molecule has 1 N–H and O–H groups in total. The van der Waals surface area contributed by atoms with Crippen LogP contribution < -0.4 is 4.90 Å². The van der Waals surface area contributed by atoms with Gasteiger partial charge < -0.3 is 10.0 Å². The van der Waals surface area contributed by atoms with Gasteiger partial charge in [-0.3, -0.25) is 0 Å². The second kappa shape index (κ2) is 5.75. The summed E-state index contributed by atoms with van der Waals surface area (Å²) in [6.07, 6.45) is 4.41. The Hall–Kier alpha value is -1.01. The molecule has 0 unspecified atom stereocenters. The molecule has 98 valence electrons. The van der Waals surface area contributed by atoms with E-state index < -0.39 is 12.0 Å². The zero-order valence-electron chi connectivity index (χ0n) is 9.97. The van der Waals surface area contributed by atoms with Crippen LogP contribution in [0.5, 0.6) is 0 Å². The molecule has 0 aromatic carbocycles. The Morgan fingerprint density at radius 3 is 3.00 bits per heavy atom. The first-order valence-electron chi connectivity index (χ1n) is 5.70. The number of rotatable bonds is 3. The average Bonchev–Trinajstić information content (AvgIpc) is 2.38. The number of carboxylic acids is 1. The third-order valence-corrected chi connectivity index (χ3v) is 3.67. The monoisotopic (exact) mass is 287 g/mol. The molecule has 0 amide bonds. The van der Waals surface area contributed by atoms with E-state index in [4.69, 9.17) is 11.6 Å². The second-order valence-electron chi connectivity index (χ2n) is 4.08. The van der Waals surface area contributed by atoms with Crippen molar-refractivity contribution in [3.05, 3.63) is 11.2 Å². The predicted octanol–water partition coefficient (Wildman–Crippen LogP) is 2.30. The highest BCUT2D eigenvalue weighted by Crippen LogP contribution is 2.26. The van der Waals surface area contributed by atoms with Crippen LogP contribution in [0.1, 0.15) is 19.3 Å². The second-order valence-corrected chi connectivity index (χ2v) is 5.24. The number of hydrogen-bond acceptors (Lipinski definition) is 5. The van der Waals surface area contributed by atoms with Crippen LogP contribution in [-0.2, 0) is 4.79 Å². The summed E-state index contributed by atoms with van der Waals surface area (Å²) in [5.41, 5.74) is 0. The van der Waals surface area contributed by atoms with Crippen molar-refractivity contribution in [2.75, 3.05) is 17.7 Å². The molecule has 1 aromatic heterocycles. The number of carbonyl (C=O) groups is 1. The van der Waals surface area contributed by atoms with Crippen molar-refractivity contribution in [1.82, 2.24) is 9.97 Å². The number of anilines is 1. The predicted molar refractivity (Wildman–Crippen MR) is 71.4 cm³/mol. The number of carboxylic acid groups (broad SMARTS) is 1. The van der Waals surface area contributed by atoms with Gasteiger partial charge in [0.15, 0.2) is 5.16 Å². The number of halogens is 1. The smallest absolute Gasteiger partial charge is 0.326 e. The van der Waals surface area contributed by atoms with Crippen molar-refractivity contribution >= 4 is 35.1 Å². The molecule has 1 fully saturated rings. The van der Waals surface area contributed by atoms with Gasteiger partial charge in [-0.2, -0.15) is 0 Å². The lowest BCUT2D eigenvalue weighted by atomic mass is 10.0. The van der Waals surface area contributed by atoms with Crippen LogP contribution in [0.3, 0.4) is 0 Å². The van der Waals surface area contributed by atoms with Crippen LogP contribution in [0.25, 0.3) is 0 Å². The van der Waals surface area contributed by atoms with Gasteiger partial charge in [0.2, 0.25) is 0 Å². The maximum Gasteiger partial charge on any atom is 0.326 e. The molecule has 1 aliphatic rings. The third-order valence-electron chi connectivity index (χ3n) is 2.93. The van der Waals surface area contributed by atoms with Crippen molar-refractivity contribution in [1.29, 1.82) is 0 Å². The first-order valence-corrected chi connectivity index (χ1v) is 7.30. The molecule has 1 aliphatic heterocycles. The molecule has 0 radical (unpaired) electrons. The van der Waals surface area contributed by atoms with Crippen LogP contribution in [0.15, 0.2) is 11.2 Å². The molecule has 0 bridgehead atoms. The Morgan fingerprint density at radius 1 is 1.56 bits per heavy atom. The van der Waals surface area contributed by atoms with E-state index in [-0.39, 0.29) is 0 Å². The number of thioether (sulfide) groups is 1. The highest BCUT2D eigenvalue weighted by Gasteiger charge is 2.29. The fourth-order valence-corrected chi connectivity index (χ4v) is 2.69. The standard InChI is InChI=1S/C11H14ClN3O2S/c1-18-11-13-8(12)6-9(14-11)15-5-3-2-4-7(15)10(16)17/h6-7H,2-5H2,1H3,(H,16,17)/t7-/m1/s1. The number of hydrogen-bond donors (Lipinski definition) is 1. The van der Waals surface area contributed by atoms with Gasteiger partial charge in [0.25, 0.3) is 0 Å². The zero-order chi connectivity index (χ0) is 13.1. The lowest BCUT2D eigenvalue weighted by molar-refractivity contribution is -0.139. The minimum Gasteiger partial charge on any atom is -0.480 e. The third kappa shape index (κ3) is 2.87. The molecule has 5 nitrogen and oxygen atoms in total. The molecule has 1 aromatic rings. The largest absolute Gasteiger partial charge is 0.480 e. The van der Waals surface area contributed by atoms with Crippen LogP contribution >= 0.6 is 23.4 Å². The molecule has 1 atom stereocenters. The lowest BCUT2D eigenvalue weighted by Gasteiger charge is -2.33. The topological polar surface area (TPSA) is 66.3 Å². The van der Waals surface area contributed by atoms with Crippen LogP contribution in [0.4, 0.5) is 5.82 Å². The number of aliphatic carboxylic acids is 1. The molecular weight excluding hydrogens is 274 g/mol. The fourth-order valence-electron chi connectivity index (χ4n) is 2.09. The van der Waals surface area contributed by atoms with Crippen molar-refractivity contribution in [3.63, 3.8) is 0 Å². The normalized spacial score (nSPS) is 19.9. The molecule has 0 spiro atoms. The van der Waals surface area contributed by atoms with E-state index in [1.165, 1.54) is 11.8 Å². The summed E-state index contributed by atoms with van der Waals surface area (Å²) in [5, 5.41) is 10.2. The summed E-state index contributed by atoms with van der Waals surface area (Å²) in [6.45, 7) is 0.693. The number of piperidine rings is 1. The van der Waals surface area contributed by atoms with E-state index in [0.29, 0.717) is 29.1 Å². The Labute approximate surface area is 115 Å². The molecular formula is C11H14ClN3O2S. The molecule has 18 heavy (non-hydrogen) atoms.